The lowest BCUT2D eigenvalue weighted by molar-refractivity contribution is -0.157. The van der Waals surface area contributed by atoms with Crippen LogP contribution in [0.5, 0.6) is 0 Å². The molecule has 2 rings (SSSR count). The zero-order valence-electron chi connectivity index (χ0n) is 10.7. The van der Waals surface area contributed by atoms with E-state index in [4.69, 9.17) is 0 Å². The van der Waals surface area contributed by atoms with E-state index in [-0.39, 0.29) is 12.2 Å². The van der Waals surface area contributed by atoms with Gasteiger partial charge in [-0.25, -0.2) is 14.2 Å². The molecule has 0 aliphatic rings. The van der Waals surface area contributed by atoms with E-state index in [9.17, 15) is 22.4 Å². The maximum Gasteiger partial charge on any atom is 0.468 e. The first kappa shape index (κ1) is 15.0. The molecule has 0 atom stereocenters. The highest BCUT2D eigenvalue weighted by atomic mass is 19.4. The molecule has 21 heavy (non-hydrogen) atoms. The molecule has 0 bridgehead atoms. The molecule has 0 unspecified atom stereocenters. The molecule has 1 aromatic carbocycles. The second kappa shape index (κ2) is 5.55. The Morgan fingerprint density at radius 2 is 2.00 bits per heavy atom. The van der Waals surface area contributed by atoms with Crippen LogP contribution in [0, 0.1) is 5.82 Å². The van der Waals surface area contributed by atoms with Crippen molar-refractivity contribution < 1.29 is 31.5 Å². The van der Waals surface area contributed by atoms with Gasteiger partial charge in [0.05, 0.1) is 6.61 Å². The molecule has 112 valence electrons. The first-order valence-corrected chi connectivity index (χ1v) is 5.84. The first-order valence-electron chi connectivity index (χ1n) is 5.84. The minimum absolute atomic E-state index is 0.0718. The number of aromatic nitrogens is 1. The second-order valence-electron chi connectivity index (χ2n) is 3.89. The van der Waals surface area contributed by atoms with Gasteiger partial charge in [0.15, 0.2) is 0 Å². The highest BCUT2D eigenvalue weighted by molar-refractivity contribution is 5.93. The summed E-state index contributed by atoms with van der Waals surface area (Å²) in [6, 6.07) is 4.98. The average Bonchev–Trinajstić information content (AvgIpc) is 2.84. The number of rotatable bonds is 3. The first-order chi connectivity index (χ1) is 9.84. The van der Waals surface area contributed by atoms with Crippen LogP contribution in [-0.4, -0.2) is 17.6 Å². The van der Waals surface area contributed by atoms with E-state index in [2.05, 4.69) is 14.1 Å². The number of carbonyl (C=O) groups is 1. The summed E-state index contributed by atoms with van der Waals surface area (Å²) in [6.07, 6.45) is -4.90. The molecule has 0 spiro atoms. The summed E-state index contributed by atoms with van der Waals surface area (Å²) in [7, 11) is 0. The van der Waals surface area contributed by atoms with Gasteiger partial charge < -0.3 is 9.15 Å². The number of hydrogen-bond acceptors (Lipinski definition) is 4. The van der Waals surface area contributed by atoms with Gasteiger partial charge in [0.25, 0.3) is 0 Å². The third-order valence-corrected chi connectivity index (χ3v) is 2.46. The standard InChI is InChI=1S/C13H9F4NO3/c1-2-20-11(19)10-9(7-5-3-4-6-8(7)14)18-12(21-10)13(15,16)17/h3-6H,2H2,1H3. The Balaban J connectivity index is 2.61. The van der Waals surface area contributed by atoms with Crippen LogP contribution in [0.1, 0.15) is 23.4 Å². The molecule has 0 aliphatic heterocycles. The Labute approximate surface area is 116 Å². The van der Waals surface area contributed by atoms with Gasteiger partial charge in [-0.05, 0) is 19.1 Å². The third-order valence-electron chi connectivity index (χ3n) is 2.46. The lowest BCUT2D eigenvalue weighted by Gasteiger charge is -2.02. The van der Waals surface area contributed by atoms with E-state index >= 15 is 0 Å². The van der Waals surface area contributed by atoms with Gasteiger partial charge in [0.1, 0.15) is 11.5 Å². The van der Waals surface area contributed by atoms with E-state index in [1.54, 1.807) is 0 Å². The zero-order valence-corrected chi connectivity index (χ0v) is 10.7. The summed E-state index contributed by atoms with van der Waals surface area (Å²) in [4.78, 5) is 14.8. The number of oxazole rings is 1. The lowest BCUT2D eigenvalue weighted by Crippen LogP contribution is -2.06. The predicted molar refractivity (Wildman–Crippen MR) is 62.9 cm³/mol. The van der Waals surface area contributed by atoms with Crippen LogP contribution in [0.2, 0.25) is 0 Å². The fraction of sp³-hybridized carbons (Fsp3) is 0.231. The van der Waals surface area contributed by atoms with Crippen molar-refractivity contribution in [3.63, 3.8) is 0 Å². The molecular weight excluding hydrogens is 294 g/mol. The zero-order chi connectivity index (χ0) is 15.6. The van der Waals surface area contributed by atoms with Gasteiger partial charge in [-0.2, -0.15) is 13.2 Å². The van der Waals surface area contributed by atoms with Crippen molar-refractivity contribution in [2.24, 2.45) is 0 Å². The number of esters is 1. The van der Waals surface area contributed by atoms with Gasteiger partial charge in [-0.3, -0.25) is 0 Å². The second-order valence-corrected chi connectivity index (χ2v) is 3.89. The van der Waals surface area contributed by atoms with Crippen molar-refractivity contribution in [1.29, 1.82) is 0 Å². The Morgan fingerprint density at radius 1 is 1.33 bits per heavy atom. The normalized spacial score (nSPS) is 11.5. The van der Waals surface area contributed by atoms with Gasteiger partial charge in [-0.1, -0.05) is 12.1 Å². The molecule has 0 aliphatic carbocycles. The molecule has 4 nitrogen and oxygen atoms in total. The summed E-state index contributed by atoms with van der Waals surface area (Å²) in [5.41, 5.74) is -0.821. The van der Waals surface area contributed by atoms with Crippen molar-refractivity contribution in [3.05, 3.63) is 41.7 Å². The van der Waals surface area contributed by atoms with Gasteiger partial charge in [0, 0.05) is 5.56 Å². The van der Waals surface area contributed by atoms with Crippen LogP contribution < -0.4 is 0 Å². The van der Waals surface area contributed by atoms with Crippen molar-refractivity contribution in [2.75, 3.05) is 6.61 Å². The summed E-state index contributed by atoms with van der Waals surface area (Å²) in [5, 5.41) is 0. The molecule has 0 radical (unpaired) electrons. The molecule has 1 aromatic heterocycles. The summed E-state index contributed by atoms with van der Waals surface area (Å²) < 4.78 is 60.6. The minimum Gasteiger partial charge on any atom is -0.460 e. The highest BCUT2D eigenvalue weighted by Crippen LogP contribution is 2.34. The number of halogens is 4. The van der Waals surface area contributed by atoms with Crippen LogP contribution in [-0.2, 0) is 10.9 Å². The van der Waals surface area contributed by atoms with Gasteiger partial charge in [0.2, 0.25) is 5.76 Å². The van der Waals surface area contributed by atoms with Gasteiger partial charge >= 0.3 is 18.0 Å². The minimum atomic E-state index is -4.90. The maximum atomic E-state index is 13.7. The van der Waals surface area contributed by atoms with E-state index in [1.165, 1.54) is 25.1 Å². The fourth-order valence-electron chi connectivity index (χ4n) is 1.61. The molecule has 1 heterocycles. The Kier molecular flexibility index (Phi) is 3.97. The van der Waals surface area contributed by atoms with E-state index in [0.29, 0.717) is 0 Å². The van der Waals surface area contributed by atoms with Crippen molar-refractivity contribution in [1.82, 2.24) is 4.98 Å². The third kappa shape index (κ3) is 3.04. The highest BCUT2D eigenvalue weighted by Gasteiger charge is 2.40. The lowest BCUT2D eigenvalue weighted by atomic mass is 10.1. The largest absolute Gasteiger partial charge is 0.468 e. The smallest absolute Gasteiger partial charge is 0.460 e. The Hall–Kier alpha value is -2.38. The maximum absolute atomic E-state index is 13.7. The molecular formula is C13H9F4NO3. The number of alkyl halides is 3. The van der Waals surface area contributed by atoms with Crippen molar-refractivity contribution >= 4 is 5.97 Å². The number of nitrogens with zero attached hydrogens (tertiary/aromatic N) is 1. The predicted octanol–water partition coefficient (Wildman–Crippen LogP) is 3.68. The molecule has 0 amide bonds. The number of carbonyl (C=O) groups excluding carboxylic acids is 1. The van der Waals surface area contributed by atoms with Crippen LogP contribution in [0.15, 0.2) is 28.7 Å². The summed E-state index contributed by atoms with van der Waals surface area (Å²) in [6.45, 7) is 1.40. The van der Waals surface area contributed by atoms with Crippen LogP contribution >= 0.6 is 0 Å². The summed E-state index contributed by atoms with van der Waals surface area (Å²) >= 11 is 0. The van der Waals surface area contributed by atoms with E-state index in [0.717, 1.165) is 6.07 Å². The summed E-state index contributed by atoms with van der Waals surface area (Å²) in [5.74, 6) is -4.39. The van der Waals surface area contributed by atoms with Crippen LogP contribution in [0.25, 0.3) is 11.3 Å². The molecule has 2 aromatic rings. The number of hydrogen-bond donors (Lipinski definition) is 0. The Bertz CT molecular complexity index is 664. The Morgan fingerprint density at radius 3 is 2.57 bits per heavy atom. The fourth-order valence-corrected chi connectivity index (χ4v) is 1.61. The molecule has 0 fully saturated rings. The number of ether oxygens (including phenoxy) is 1. The van der Waals surface area contributed by atoms with Crippen molar-refractivity contribution in [2.45, 2.75) is 13.1 Å². The topological polar surface area (TPSA) is 52.3 Å². The van der Waals surface area contributed by atoms with Gasteiger partial charge in [-0.15, -0.1) is 0 Å². The van der Waals surface area contributed by atoms with Crippen LogP contribution in [0.4, 0.5) is 17.6 Å². The van der Waals surface area contributed by atoms with E-state index in [1.807, 2.05) is 0 Å². The molecule has 0 saturated heterocycles. The van der Waals surface area contributed by atoms with Crippen molar-refractivity contribution in [3.8, 4) is 11.3 Å². The molecule has 0 saturated carbocycles. The molecule has 8 heteroatoms. The quantitative estimate of drug-likeness (QED) is 0.641. The monoisotopic (exact) mass is 303 g/mol. The SMILES string of the molecule is CCOC(=O)c1oc(C(F)(F)F)nc1-c1ccccc1F. The van der Waals surface area contributed by atoms with E-state index < -0.39 is 35.3 Å². The van der Waals surface area contributed by atoms with Crippen LogP contribution in [0.3, 0.4) is 0 Å². The average molecular weight is 303 g/mol. The number of benzene rings is 1. The molecule has 0 N–H and O–H groups in total.